The van der Waals surface area contributed by atoms with Gasteiger partial charge in [0.15, 0.2) is 6.04 Å². The molecule has 8 nitrogen and oxygen atoms in total. The van der Waals surface area contributed by atoms with E-state index in [0.29, 0.717) is 18.4 Å². The van der Waals surface area contributed by atoms with E-state index in [0.717, 1.165) is 4.90 Å². The van der Waals surface area contributed by atoms with Crippen molar-refractivity contribution in [1.82, 2.24) is 15.7 Å². The van der Waals surface area contributed by atoms with E-state index in [2.05, 4.69) is 29.0 Å². The van der Waals surface area contributed by atoms with Crippen molar-refractivity contribution in [2.24, 2.45) is 5.92 Å². The Morgan fingerprint density at radius 1 is 1.14 bits per heavy atom. The fourth-order valence-corrected chi connectivity index (χ4v) is 2.63. The molecule has 0 aliphatic heterocycles. The number of amides is 3. The molecule has 1 atom stereocenters. The number of aliphatic hydroxyl groups is 1. The molecule has 0 aromatic heterocycles. The summed E-state index contributed by atoms with van der Waals surface area (Å²) in [4.78, 5) is 37.1. The summed E-state index contributed by atoms with van der Waals surface area (Å²) >= 11 is 0. The minimum atomic E-state index is -1.51. The highest BCUT2D eigenvalue weighted by atomic mass is 16.5. The molecule has 1 fully saturated rings. The number of likely N-dealkylation sites (N-methyl/N-ethyl adjacent to an activating group) is 2. The smallest absolute Gasteiger partial charge is 0.275 e. The van der Waals surface area contributed by atoms with Gasteiger partial charge in [0, 0.05) is 31.1 Å². The summed E-state index contributed by atoms with van der Waals surface area (Å²) in [7, 11) is 2.61. The van der Waals surface area contributed by atoms with Gasteiger partial charge in [-0.2, -0.15) is 0 Å². The Bertz CT molecular complexity index is 851. The molecule has 1 unspecified atom stereocenters. The van der Waals surface area contributed by atoms with Crippen molar-refractivity contribution in [2.75, 3.05) is 14.1 Å². The number of hydrogen-bond acceptors (Lipinski definition) is 5. The Morgan fingerprint density at radius 2 is 1.79 bits per heavy atom. The van der Waals surface area contributed by atoms with Crippen LogP contribution in [0.15, 0.2) is 24.3 Å². The Morgan fingerprint density at radius 3 is 2.32 bits per heavy atom. The third-order valence-electron chi connectivity index (χ3n) is 4.35. The molecule has 1 aromatic carbocycles. The second-order valence-electron chi connectivity index (χ2n) is 6.33. The van der Waals surface area contributed by atoms with Crippen LogP contribution >= 0.6 is 0 Å². The molecular formula is C20H21N3O5. The van der Waals surface area contributed by atoms with Gasteiger partial charge in [0.1, 0.15) is 0 Å². The number of nitrogens with zero attached hydrogens (tertiary/aromatic N) is 1. The summed E-state index contributed by atoms with van der Waals surface area (Å²) in [6.07, 6.45) is 1.12. The topological polar surface area (TPSA) is 119 Å². The Kier molecular flexibility index (Phi) is 7.16. The van der Waals surface area contributed by atoms with Crippen LogP contribution in [0.4, 0.5) is 0 Å². The van der Waals surface area contributed by atoms with Gasteiger partial charge < -0.3 is 15.3 Å². The molecule has 2 rings (SSSR count). The van der Waals surface area contributed by atoms with Gasteiger partial charge in [0.05, 0.1) is 6.10 Å². The van der Waals surface area contributed by atoms with Crippen molar-refractivity contribution in [3.8, 4) is 23.7 Å². The highest BCUT2D eigenvalue weighted by molar-refractivity contribution is 6.08. The Balaban J connectivity index is 2.06. The van der Waals surface area contributed by atoms with Crippen molar-refractivity contribution in [2.45, 2.75) is 25.0 Å². The normalized spacial score (nSPS) is 18.1. The highest BCUT2D eigenvalue weighted by Gasteiger charge is 2.33. The minimum absolute atomic E-state index is 0.198. The summed E-state index contributed by atoms with van der Waals surface area (Å²) in [6.45, 7) is 0. The maximum atomic E-state index is 12.5. The molecular weight excluding hydrogens is 362 g/mol. The quantitative estimate of drug-likeness (QED) is 0.242. The van der Waals surface area contributed by atoms with Gasteiger partial charge in [-0.05, 0) is 48.9 Å². The van der Waals surface area contributed by atoms with Crippen LogP contribution < -0.4 is 10.8 Å². The van der Waals surface area contributed by atoms with E-state index in [4.69, 9.17) is 5.21 Å². The summed E-state index contributed by atoms with van der Waals surface area (Å²) in [5, 5.41) is 20.3. The zero-order chi connectivity index (χ0) is 20.7. The van der Waals surface area contributed by atoms with Crippen molar-refractivity contribution in [3.05, 3.63) is 35.4 Å². The van der Waals surface area contributed by atoms with E-state index in [9.17, 15) is 19.5 Å². The SMILES string of the molecule is CNC(=O)C(C(=O)NO)N(C)C(=O)c1ccc(C#CC#CC2CC(O)C2)cc1. The lowest BCUT2D eigenvalue weighted by atomic mass is 9.83. The highest BCUT2D eigenvalue weighted by Crippen LogP contribution is 2.25. The molecule has 0 spiro atoms. The summed E-state index contributed by atoms with van der Waals surface area (Å²) in [6, 6.07) is 4.79. The lowest BCUT2D eigenvalue weighted by Crippen LogP contribution is -2.54. The maximum absolute atomic E-state index is 12.5. The van der Waals surface area contributed by atoms with Crippen molar-refractivity contribution >= 4 is 17.7 Å². The third kappa shape index (κ3) is 5.10. The largest absolute Gasteiger partial charge is 0.393 e. The van der Waals surface area contributed by atoms with Crippen LogP contribution in [-0.4, -0.2) is 59.2 Å². The average molecular weight is 383 g/mol. The number of nitrogens with one attached hydrogen (secondary N) is 2. The number of carbonyl (C=O) groups excluding carboxylic acids is 3. The van der Waals surface area contributed by atoms with Crippen LogP contribution in [0.2, 0.25) is 0 Å². The standard InChI is InChI=1S/C20H21N3O5/c1-21-18(25)17(19(26)22-28)23(2)20(27)15-9-7-13(8-10-15)5-3-4-6-14-11-16(24)12-14/h7-10,14,16-17,24,28H,11-12H2,1-2H3,(H,21,25)(H,22,26). The summed E-state index contributed by atoms with van der Waals surface area (Å²) < 4.78 is 0. The molecule has 0 saturated heterocycles. The van der Waals surface area contributed by atoms with E-state index in [1.54, 1.807) is 12.1 Å². The average Bonchev–Trinajstić information content (AvgIpc) is 2.69. The van der Waals surface area contributed by atoms with Crippen LogP contribution in [0.1, 0.15) is 28.8 Å². The van der Waals surface area contributed by atoms with Gasteiger partial charge in [-0.25, -0.2) is 5.48 Å². The van der Waals surface area contributed by atoms with E-state index in [1.165, 1.54) is 31.7 Å². The molecule has 1 aromatic rings. The summed E-state index contributed by atoms with van der Waals surface area (Å²) in [5.41, 5.74) is 2.29. The van der Waals surface area contributed by atoms with Crippen molar-refractivity contribution in [1.29, 1.82) is 0 Å². The first-order chi connectivity index (χ1) is 13.4. The number of hydroxylamine groups is 1. The van der Waals surface area contributed by atoms with Crippen molar-refractivity contribution in [3.63, 3.8) is 0 Å². The monoisotopic (exact) mass is 383 g/mol. The number of hydrogen-bond donors (Lipinski definition) is 4. The van der Waals surface area contributed by atoms with E-state index in [1.807, 2.05) is 0 Å². The molecule has 0 heterocycles. The number of aliphatic hydroxyl groups excluding tert-OH is 1. The zero-order valence-electron chi connectivity index (χ0n) is 15.5. The van der Waals surface area contributed by atoms with Crippen molar-refractivity contribution < 1.29 is 24.7 Å². The summed E-state index contributed by atoms with van der Waals surface area (Å²) in [5.74, 6) is 9.19. The van der Waals surface area contributed by atoms with Crippen LogP contribution in [0.25, 0.3) is 0 Å². The van der Waals surface area contributed by atoms with E-state index >= 15 is 0 Å². The molecule has 1 saturated carbocycles. The molecule has 0 radical (unpaired) electrons. The van der Waals surface area contributed by atoms with Crippen LogP contribution in [0.5, 0.6) is 0 Å². The second kappa shape index (κ2) is 9.56. The first kappa shape index (κ1) is 21.0. The number of carbonyl (C=O) groups is 3. The predicted molar refractivity (Wildman–Crippen MR) is 99.7 cm³/mol. The Hall–Kier alpha value is -3.33. The predicted octanol–water partition coefficient (Wildman–Crippen LogP) is -0.496. The van der Waals surface area contributed by atoms with E-state index in [-0.39, 0.29) is 17.6 Å². The first-order valence-corrected chi connectivity index (χ1v) is 8.59. The maximum Gasteiger partial charge on any atom is 0.275 e. The molecule has 1 aliphatic rings. The molecule has 146 valence electrons. The fraction of sp³-hybridized carbons (Fsp3) is 0.350. The molecule has 1 aliphatic carbocycles. The third-order valence-corrected chi connectivity index (χ3v) is 4.35. The molecule has 3 amide bonds. The van der Waals surface area contributed by atoms with Gasteiger partial charge in [-0.15, -0.1) is 0 Å². The molecule has 4 N–H and O–H groups in total. The number of benzene rings is 1. The van der Waals surface area contributed by atoms with Gasteiger partial charge in [0.25, 0.3) is 17.7 Å². The molecule has 8 heteroatoms. The number of rotatable bonds is 4. The Labute approximate surface area is 162 Å². The fourth-order valence-electron chi connectivity index (χ4n) is 2.63. The molecule has 28 heavy (non-hydrogen) atoms. The van der Waals surface area contributed by atoms with Crippen LogP contribution in [0.3, 0.4) is 0 Å². The van der Waals surface area contributed by atoms with Crippen LogP contribution in [0, 0.1) is 29.6 Å². The minimum Gasteiger partial charge on any atom is -0.393 e. The van der Waals surface area contributed by atoms with E-state index < -0.39 is 23.8 Å². The first-order valence-electron chi connectivity index (χ1n) is 8.59. The van der Waals surface area contributed by atoms with Gasteiger partial charge >= 0.3 is 0 Å². The lowest BCUT2D eigenvalue weighted by Gasteiger charge is -2.26. The lowest BCUT2D eigenvalue weighted by molar-refractivity contribution is -0.140. The van der Waals surface area contributed by atoms with Gasteiger partial charge in [0.2, 0.25) is 0 Å². The van der Waals surface area contributed by atoms with Gasteiger partial charge in [-0.3, -0.25) is 19.6 Å². The zero-order valence-corrected chi connectivity index (χ0v) is 15.5. The van der Waals surface area contributed by atoms with Crippen LogP contribution in [-0.2, 0) is 9.59 Å². The second-order valence-corrected chi connectivity index (χ2v) is 6.33. The molecule has 0 bridgehead atoms. The van der Waals surface area contributed by atoms with Gasteiger partial charge in [-0.1, -0.05) is 11.8 Å².